The first kappa shape index (κ1) is 11.2. The highest BCUT2D eigenvalue weighted by molar-refractivity contribution is 9.11. The Bertz CT molecular complexity index is 467. The maximum absolute atomic E-state index is 5.81. The van der Waals surface area contributed by atoms with Crippen LogP contribution in [0, 0.1) is 0 Å². The normalized spacial score (nSPS) is 10.6. The van der Waals surface area contributed by atoms with E-state index in [0.29, 0.717) is 10.4 Å². The third kappa shape index (κ3) is 2.27. The molecule has 0 aliphatic heterocycles. The van der Waals surface area contributed by atoms with Crippen LogP contribution < -0.4 is 0 Å². The van der Waals surface area contributed by atoms with Gasteiger partial charge in [0.25, 0.3) is 0 Å². The van der Waals surface area contributed by atoms with Gasteiger partial charge in [0.1, 0.15) is 5.69 Å². The van der Waals surface area contributed by atoms with E-state index in [1.165, 1.54) is 0 Å². The fourth-order valence-electron chi connectivity index (χ4n) is 1.18. The molecule has 1 aromatic carbocycles. The monoisotopic (exact) mass is 349 g/mol. The molecule has 1 aromatic heterocycles. The van der Waals surface area contributed by atoms with Crippen molar-refractivity contribution in [1.82, 2.24) is 5.16 Å². The van der Waals surface area contributed by atoms with Crippen LogP contribution in [-0.4, -0.2) is 5.16 Å². The average molecular weight is 351 g/mol. The largest absolute Gasteiger partial charge is 0.359 e. The number of nitrogens with zero attached hydrogens (tertiary/aromatic N) is 1. The third-order valence-corrected chi connectivity index (χ3v) is 3.52. The number of hydrogen-bond donors (Lipinski definition) is 0. The number of aromatic nitrogens is 1. The molecule has 5 heteroatoms. The zero-order valence-electron chi connectivity index (χ0n) is 7.51. The Hall–Kier alpha value is -0.320. The minimum atomic E-state index is 0.633. The molecule has 0 aliphatic rings. The Morgan fingerprint density at radius 2 is 1.93 bits per heavy atom. The molecule has 0 fully saturated rings. The van der Waals surface area contributed by atoms with Gasteiger partial charge in [0.05, 0.1) is 9.80 Å². The summed E-state index contributed by atoms with van der Waals surface area (Å²) in [5, 5.41) is 5.33. The molecule has 0 aliphatic carbocycles. The Labute approximate surface area is 109 Å². The molecule has 0 unspecified atom stereocenters. The minimum absolute atomic E-state index is 0.633. The van der Waals surface area contributed by atoms with Crippen LogP contribution in [0.1, 0.15) is 5.76 Å². The van der Waals surface area contributed by atoms with Crippen LogP contribution >= 0.6 is 43.5 Å². The van der Waals surface area contributed by atoms with Crippen LogP contribution in [0.25, 0.3) is 11.3 Å². The van der Waals surface area contributed by atoms with Gasteiger partial charge in [0.15, 0.2) is 5.76 Å². The van der Waals surface area contributed by atoms with Crippen molar-refractivity contribution in [2.24, 2.45) is 0 Å². The van der Waals surface area contributed by atoms with E-state index >= 15 is 0 Å². The van der Waals surface area contributed by atoms with Gasteiger partial charge >= 0.3 is 0 Å². The van der Waals surface area contributed by atoms with Crippen LogP contribution in [0.3, 0.4) is 0 Å². The first-order valence-electron chi connectivity index (χ1n) is 4.18. The molecule has 0 saturated heterocycles. The van der Waals surface area contributed by atoms with Crippen molar-refractivity contribution in [2.45, 2.75) is 5.33 Å². The van der Waals surface area contributed by atoms with Gasteiger partial charge in [0.2, 0.25) is 0 Å². The molecule has 0 bridgehead atoms. The number of hydrogen-bond acceptors (Lipinski definition) is 2. The van der Waals surface area contributed by atoms with Crippen LogP contribution in [-0.2, 0) is 5.33 Å². The average Bonchev–Trinajstić information content (AvgIpc) is 2.61. The zero-order chi connectivity index (χ0) is 10.8. The Balaban J connectivity index is 2.45. The van der Waals surface area contributed by atoms with E-state index in [2.05, 4.69) is 37.0 Å². The van der Waals surface area contributed by atoms with E-state index in [1.807, 2.05) is 24.3 Å². The zero-order valence-corrected chi connectivity index (χ0v) is 11.4. The SMILES string of the molecule is Clc1ccc(-c2noc(CBr)c2Br)cc1. The van der Waals surface area contributed by atoms with Crippen molar-refractivity contribution >= 4 is 43.5 Å². The highest BCUT2D eigenvalue weighted by Gasteiger charge is 2.13. The predicted octanol–water partition coefficient (Wildman–Crippen LogP) is 4.65. The lowest BCUT2D eigenvalue weighted by Gasteiger charge is -1.96. The molecular weight excluding hydrogens is 345 g/mol. The molecule has 15 heavy (non-hydrogen) atoms. The van der Waals surface area contributed by atoms with Crippen LogP contribution in [0.15, 0.2) is 33.3 Å². The molecule has 78 valence electrons. The van der Waals surface area contributed by atoms with Gasteiger partial charge in [-0.05, 0) is 28.1 Å². The second-order valence-corrected chi connectivity index (χ2v) is 4.70. The van der Waals surface area contributed by atoms with Gasteiger partial charge in [-0.3, -0.25) is 0 Å². The van der Waals surface area contributed by atoms with E-state index < -0.39 is 0 Å². The summed E-state index contributed by atoms with van der Waals surface area (Å²) in [6.07, 6.45) is 0. The lowest BCUT2D eigenvalue weighted by Crippen LogP contribution is -1.78. The van der Waals surface area contributed by atoms with Crippen molar-refractivity contribution in [3.63, 3.8) is 0 Å². The second kappa shape index (κ2) is 4.68. The van der Waals surface area contributed by atoms with Crippen LogP contribution in [0.5, 0.6) is 0 Å². The van der Waals surface area contributed by atoms with Crippen molar-refractivity contribution in [1.29, 1.82) is 0 Å². The Morgan fingerprint density at radius 1 is 1.27 bits per heavy atom. The van der Waals surface area contributed by atoms with Crippen LogP contribution in [0.4, 0.5) is 0 Å². The van der Waals surface area contributed by atoms with Gasteiger partial charge in [-0.1, -0.05) is 44.8 Å². The molecule has 0 amide bonds. The molecule has 1 heterocycles. The van der Waals surface area contributed by atoms with Crippen molar-refractivity contribution < 1.29 is 4.52 Å². The van der Waals surface area contributed by atoms with E-state index in [9.17, 15) is 0 Å². The number of benzene rings is 1. The lowest BCUT2D eigenvalue weighted by molar-refractivity contribution is 0.397. The molecular formula is C10H6Br2ClNO. The van der Waals surface area contributed by atoms with E-state index in [-0.39, 0.29) is 0 Å². The summed E-state index contributed by atoms with van der Waals surface area (Å²) >= 11 is 12.6. The summed E-state index contributed by atoms with van der Waals surface area (Å²) in [6.45, 7) is 0. The molecule has 0 atom stereocenters. The summed E-state index contributed by atoms with van der Waals surface area (Å²) in [7, 11) is 0. The Kier molecular flexibility index (Phi) is 3.49. The highest BCUT2D eigenvalue weighted by Crippen LogP contribution is 2.31. The maximum atomic E-state index is 5.81. The fourth-order valence-corrected chi connectivity index (χ4v) is 2.58. The maximum Gasteiger partial charge on any atom is 0.162 e. The highest BCUT2D eigenvalue weighted by atomic mass is 79.9. The van der Waals surface area contributed by atoms with Gasteiger partial charge in [-0.15, -0.1) is 0 Å². The van der Waals surface area contributed by atoms with E-state index in [1.54, 1.807) is 0 Å². The first-order valence-corrected chi connectivity index (χ1v) is 6.47. The molecule has 0 N–H and O–H groups in total. The topological polar surface area (TPSA) is 26.0 Å². The Morgan fingerprint density at radius 3 is 2.47 bits per heavy atom. The molecule has 0 radical (unpaired) electrons. The molecule has 2 nitrogen and oxygen atoms in total. The van der Waals surface area contributed by atoms with E-state index in [0.717, 1.165) is 21.5 Å². The summed E-state index contributed by atoms with van der Waals surface area (Å²) in [5.74, 6) is 0.778. The smallest absolute Gasteiger partial charge is 0.162 e. The molecule has 0 spiro atoms. The molecule has 2 aromatic rings. The molecule has 0 saturated carbocycles. The predicted molar refractivity (Wildman–Crippen MR) is 67.3 cm³/mol. The summed E-state index contributed by atoms with van der Waals surface area (Å²) in [5.41, 5.74) is 1.77. The van der Waals surface area contributed by atoms with E-state index in [4.69, 9.17) is 16.1 Å². The van der Waals surface area contributed by atoms with Crippen molar-refractivity contribution in [2.75, 3.05) is 0 Å². The van der Waals surface area contributed by atoms with Crippen molar-refractivity contribution in [3.8, 4) is 11.3 Å². The summed E-state index contributed by atoms with van der Waals surface area (Å²) in [4.78, 5) is 0. The molecule has 2 rings (SSSR count). The standard InChI is InChI=1S/C10H6Br2ClNO/c11-5-8-9(12)10(14-15-8)6-1-3-7(13)4-2-6/h1-4H,5H2. The number of alkyl halides is 1. The van der Waals surface area contributed by atoms with Crippen LogP contribution in [0.2, 0.25) is 5.02 Å². The van der Waals surface area contributed by atoms with Gasteiger partial charge < -0.3 is 4.52 Å². The number of halogens is 3. The van der Waals surface area contributed by atoms with Gasteiger partial charge in [-0.25, -0.2) is 0 Å². The first-order chi connectivity index (χ1) is 7.22. The summed E-state index contributed by atoms with van der Waals surface area (Å²) < 4.78 is 6.03. The third-order valence-electron chi connectivity index (χ3n) is 1.94. The lowest BCUT2D eigenvalue weighted by atomic mass is 10.1. The van der Waals surface area contributed by atoms with Crippen molar-refractivity contribution in [3.05, 3.63) is 39.5 Å². The van der Waals surface area contributed by atoms with Gasteiger partial charge in [0, 0.05) is 10.6 Å². The van der Waals surface area contributed by atoms with Gasteiger partial charge in [-0.2, -0.15) is 0 Å². The summed E-state index contributed by atoms with van der Waals surface area (Å²) in [6, 6.07) is 7.46. The fraction of sp³-hybridized carbons (Fsp3) is 0.100. The minimum Gasteiger partial charge on any atom is -0.359 e. The quantitative estimate of drug-likeness (QED) is 0.736. The number of rotatable bonds is 2. The second-order valence-electron chi connectivity index (χ2n) is 2.91.